The van der Waals surface area contributed by atoms with Crippen molar-refractivity contribution < 1.29 is 17.5 Å². The molecule has 0 fully saturated rings. The Hall–Kier alpha value is -2.69. The zero-order valence-electron chi connectivity index (χ0n) is 13.5. The summed E-state index contributed by atoms with van der Waals surface area (Å²) in [6.45, 7) is 1.55. The van der Waals surface area contributed by atoms with Crippen LogP contribution in [0.4, 0.5) is 5.69 Å². The van der Waals surface area contributed by atoms with E-state index in [-0.39, 0.29) is 10.6 Å². The van der Waals surface area contributed by atoms with Crippen molar-refractivity contribution in [2.75, 3.05) is 0 Å². The molecule has 10 heteroatoms. The highest BCUT2D eigenvalue weighted by Crippen LogP contribution is 2.30. The van der Waals surface area contributed by atoms with E-state index < -0.39 is 21.1 Å². The molecule has 134 valence electrons. The Morgan fingerprint density at radius 1 is 1.08 bits per heavy atom. The van der Waals surface area contributed by atoms with Gasteiger partial charge in [-0.2, -0.15) is 8.42 Å². The van der Waals surface area contributed by atoms with Crippen LogP contribution in [-0.2, 0) is 14.3 Å². The van der Waals surface area contributed by atoms with Crippen molar-refractivity contribution in [1.29, 1.82) is 0 Å². The number of rotatable bonds is 6. The topological polar surface area (TPSA) is 112 Å². The lowest BCUT2D eigenvalue weighted by atomic mass is 10.2. The Kier molecular flexibility index (Phi) is 5.07. The fourth-order valence-electron chi connectivity index (χ4n) is 2.12. The van der Waals surface area contributed by atoms with E-state index in [2.05, 4.69) is 10.2 Å². The zero-order valence-corrected chi connectivity index (χ0v) is 15.1. The summed E-state index contributed by atoms with van der Waals surface area (Å²) in [5.41, 5.74) is 0.676. The van der Waals surface area contributed by atoms with Crippen molar-refractivity contribution in [2.45, 2.75) is 17.9 Å². The van der Waals surface area contributed by atoms with Crippen LogP contribution in [0.15, 0.2) is 59.5 Å². The van der Waals surface area contributed by atoms with Crippen molar-refractivity contribution in [3.05, 3.63) is 69.7 Å². The number of aromatic nitrogens is 2. The molecule has 0 aliphatic carbocycles. The lowest BCUT2D eigenvalue weighted by molar-refractivity contribution is -0.384. The van der Waals surface area contributed by atoms with Gasteiger partial charge in [-0.25, -0.2) is 0 Å². The van der Waals surface area contributed by atoms with Gasteiger partial charge in [-0.3, -0.25) is 14.3 Å². The molecule has 2 aromatic carbocycles. The number of non-ortho nitro benzene ring substituents is 1. The SMILES string of the molecule is CC(OS(=O)(=O)c1ccc([N+](=O)[O-])cc1)c1nnc(-c2ccccc2)s1. The summed E-state index contributed by atoms with van der Waals surface area (Å²) in [7, 11) is -4.09. The third kappa shape index (κ3) is 3.93. The van der Waals surface area contributed by atoms with Gasteiger partial charge in [-0.1, -0.05) is 41.7 Å². The molecule has 1 unspecified atom stereocenters. The lowest BCUT2D eigenvalue weighted by Crippen LogP contribution is -2.10. The maximum absolute atomic E-state index is 12.3. The number of nitro groups is 1. The van der Waals surface area contributed by atoms with Gasteiger partial charge in [0, 0.05) is 17.7 Å². The molecule has 0 aliphatic rings. The first-order chi connectivity index (χ1) is 12.4. The van der Waals surface area contributed by atoms with E-state index in [0.29, 0.717) is 10.0 Å². The van der Waals surface area contributed by atoms with Crippen LogP contribution >= 0.6 is 11.3 Å². The molecule has 8 nitrogen and oxygen atoms in total. The van der Waals surface area contributed by atoms with Gasteiger partial charge >= 0.3 is 0 Å². The first-order valence-corrected chi connectivity index (χ1v) is 9.66. The van der Waals surface area contributed by atoms with Crippen LogP contribution in [0.3, 0.4) is 0 Å². The molecular weight excluding hydrogens is 378 g/mol. The summed E-state index contributed by atoms with van der Waals surface area (Å²) in [6.07, 6.45) is -0.842. The van der Waals surface area contributed by atoms with E-state index in [1.54, 1.807) is 6.92 Å². The largest absolute Gasteiger partial charge is 0.297 e. The van der Waals surface area contributed by atoms with Crippen LogP contribution in [0.25, 0.3) is 10.6 Å². The predicted octanol–water partition coefficient (Wildman–Crippen LogP) is 3.58. The van der Waals surface area contributed by atoms with E-state index in [1.165, 1.54) is 11.3 Å². The monoisotopic (exact) mass is 391 g/mol. The van der Waals surface area contributed by atoms with Crippen LogP contribution in [-0.4, -0.2) is 23.5 Å². The normalized spacial score (nSPS) is 12.7. The third-order valence-electron chi connectivity index (χ3n) is 3.42. The highest BCUT2D eigenvalue weighted by atomic mass is 32.2. The summed E-state index contributed by atoms with van der Waals surface area (Å²) >= 11 is 1.24. The maximum Gasteiger partial charge on any atom is 0.297 e. The van der Waals surface area contributed by atoms with Crippen molar-refractivity contribution in [2.24, 2.45) is 0 Å². The molecule has 0 saturated carbocycles. The number of nitrogens with zero attached hydrogens (tertiary/aromatic N) is 3. The van der Waals surface area contributed by atoms with Crippen LogP contribution in [0.1, 0.15) is 18.0 Å². The van der Waals surface area contributed by atoms with E-state index in [4.69, 9.17) is 4.18 Å². The van der Waals surface area contributed by atoms with Crippen LogP contribution in [0.2, 0.25) is 0 Å². The Morgan fingerprint density at radius 3 is 2.35 bits per heavy atom. The Morgan fingerprint density at radius 2 is 1.73 bits per heavy atom. The molecule has 0 aliphatic heterocycles. The second-order valence-corrected chi connectivity index (χ2v) is 7.84. The van der Waals surface area contributed by atoms with Crippen LogP contribution < -0.4 is 0 Å². The number of benzene rings is 2. The standard InChI is InChI=1S/C16H13N3O5S2/c1-11(15-17-18-16(25-15)12-5-3-2-4-6-12)24-26(22,23)14-9-7-13(8-10-14)19(20)21/h2-11H,1H3. The minimum atomic E-state index is -4.09. The molecule has 0 N–H and O–H groups in total. The van der Waals surface area contributed by atoms with Gasteiger partial charge < -0.3 is 0 Å². The minimum Gasteiger partial charge on any atom is -0.258 e. The highest BCUT2D eigenvalue weighted by molar-refractivity contribution is 7.86. The summed E-state index contributed by atoms with van der Waals surface area (Å²) in [6, 6.07) is 13.9. The van der Waals surface area contributed by atoms with Gasteiger partial charge in [0.15, 0.2) is 0 Å². The number of hydrogen-bond acceptors (Lipinski definition) is 8. The zero-order chi connectivity index (χ0) is 18.7. The van der Waals surface area contributed by atoms with Gasteiger partial charge in [0.25, 0.3) is 15.8 Å². The quantitative estimate of drug-likeness (QED) is 0.358. The maximum atomic E-state index is 12.3. The molecule has 3 aromatic rings. The molecule has 0 spiro atoms. The van der Waals surface area contributed by atoms with Crippen LogP contribution in [0.5, 0.6) is 0 Å². The molecule has 3 rings (SSSR count). The van der Waals surface area contributed by atoms with Crippen molar-refractivity contribution >= 4 is 27.1 Å². The van der Waals surface area contributed by atoms with E-state index in [9.17, 15) is 18.5 Å². The van der Waals surface area contributed by atoms with Crippen molar-refractivity contribution in [3.63, 3.8) is 0 Å². The summed E-state index contributed by atoms with van der Waals surface area (Å²) in [5, 5.41) is 19.8. The van der Waals surface area contributed by atoms with Gasteiger partial charge in [-0.15, -0.1) is 10.2 Å². The lowest BCUT2D eigenvalue weighted by Gasteiger charge is -2.10. The average Bonchev–Trinajstić information content (AvgIpc) is 3.12. The van der Waals surface area contributed by atoms with Gasteiger partial charge in [0.1, 0.15) is 16.1 Å². The summed E-state index contributed by atoms with van der Waals surface area (Å²) in [4.78, 5) is 9.89. The highest BCUT2D eigenvalue weighted by Gasteiger charge is 2.23. The van der Waals surface area contributed by atoms with E-state index in [0.717, 1.165) is 29.8 Å². The fraction of sp³-hybridized carbons (Fsp3) is 0.125. The smallest absolute Gasteiger partial charge is 0.258 e. The van der Waals surface area contributed by atoms with Crippen LogP contribution in [0, 0.1) is 10.1 Å². The second kappa shape index (κ2) is 7.28. The fourth-order valence-corrected chi connectivity index (χ4v) is 4.06. The van der Waals surface area contributed by atoms with Gasteiger partial charge in [-0.05, 0) is 19.1 Å². The predicted molar refractivity (Wildman–Crippen MR) is 95.1 cm³/mol. The van der Waals surface area contributed by atoms with Gasteiger partial charge in [0.05, 0.1) is 9.82 Å². The second-order valence-electron chi connectivity index (χ2n) is 5.26. The Bertz CT molecular complexity index is 1020. The molecule has 0 amide bonds. The van der Waals surface area contributed by atoms with E-state index >= 15 is 0 Å². The molecular formula is C16H13N3O5S2. The summed E-state index contributed by atoms with van der Waals surface area (Å²) < 4.78 is 29.8. The molecule has 1 aromatic heterocycles. The Balaban J connectivity index is 1.77. The van der Waals surface area contributed by atoms with E-state index in [1.807, 2.05) is 30.3 Å². The third-order valence-corrected chi connectivity index (χ3v) is 5.94. The molecule has 0 bridgehead atoms. The molecule has 1 atom stereocenters. The Labute approximate surface area is 153 Å². The average molecular weight is 391 g/mol. The van der Waals surface area contributed by atoms with Crippen molar-refractivity contribution in [3.8, 4) is 10.6 Å². The molecule has 0 saturated heterocycles. The molecule has 1 heterocycles. The minimum absolute atomic E-state index is 0.164. The number of nitro benzene ring substituents is 1. The molecule has 26 heavy (non-hydrogen) atoms. The van der Waals surface area contributed by atoms with Gasteiger partial charge in [0.2, 0.25) is 0 Å². The first-order valence-electron chi connectivity index (χ1n) is 7.43. The van der Waals surface area contributed by atoms with Crippen molar-refractivity contribution in [1.82, 2.24) is 10.2 Å². The number of hydrogen-bond donors (Lipinski definition) is 0. The molecule has 0 radical (unpaired) electrons. The summed E-state index contributed by atoms with van der Waals surface area (Å²) in [5.74, 6) is 0. The first kappa shape index (κ1) is 18.1.